The quantitative estimate of drug-likeness (QED) is 0.791. The Labute approximate surface area is 122 Å². The molecule has 0 saturated carbocycles. The van der Waals surface area contributed by atoms with Gasteiger partial charge < -0.3 is 15.2 Å². The number of aryl methyl sites for hydroxylation is 1. The highest BCUT2D eigenvalue weighted by atomic mass is 32.2. The van der Waals surface area contributed by atoms with Gasteiger partial charge in [0.2, 0.25) is 0 Å². The largest absolute Gasteiger partial charge is 0.493 e. The van der Waals surface area contributed by atoms with Crippen LogP contribution in [0.1, 0.15) is 0 Å². The number of rotatable bonds is 5. The molecule has 0 amide bonds. The van der Waals surface area contributed by atoms with Crippen LogP contribution in [-0.4, -0.2) is 32.4 Å². The summed E-state index contributed by atoms with van der Waals surface area (Å²) >= 11 is 0. The third-order valence-corrected chi connectivity index (χ3v) is 4.29. The van der Waals surface area contributed by atoms with E-state index < -0.39 is 10.0 Å². The molecule has 8 nitrogen and oxygen atoms in total. The van der Waals surface area contributed by atoms with Gasteiger partial charge in [-0.2, -0.15) is 13.5 Å². The predicted molar refractivity (Wildman–Crippen MR) is 78.0 cm³/mol. The second kappa shape index (κ2) is 5.52. The van der Waals surface area contributed by atoms with Gasteiger partial charge in [-0.25, -0.2) is 0 Å². The number of hydrogen-bond acceptors (Lipinski definition) is 6. The van der Waals surface area contributed by atoms with Crippen LogP contribution in [-0.2, 0) is 17.1 Å². The summed E-state index contributed by atoms with van der Waals surface area (Å²) in [6.07, 6.45) is 1.40. The van der Waals surface area contributed by atoms with Gasteiger partial charge in [-0.1, -0.05) is 0 Å². The number of nitrogen functional groups attached to an aromatic ring is 1. The number of nitrogens with zero attached hydrogens (tertiary/aromatic N) is 2. The van der Waals surface area contributed by atoms with E-state index in [9.17, 15) is 8.42 Å². The molecule has 1 heterocycles. The Morgan fingerprint density at radius 3 is 2.38 bits per heavy atom. The van der Waals surface area contributed by atoms with Crippen molar-refractivity contribution in [1.29, 1.82) is 0 Å². The average Bonchev–Trinajstić information content (AvgIpc) is 2.87. The van der Waals surface area contributed by atoms with Crippen molar-refractivity contribution in [1.82, 2.24) is 9.78 Å². The number of sulfonamides is 1. The number of hydrogen-bond donors (Lipinski definition) is 2. The van der Waals surface area contributed by atoms with Crippen LogP contribution < -0.4 is 19.9 Å². The first-order valence-corrected chi connectivity index (χ1v) is 7.39. The van der Waals surface area contributed by atoms with Gasteiger partial charge in [0.25, 0.3) is 10.0 Å². The van der Waals surface area contributed by atoms with Crippen molar-refractivity contribution in [2.75, 3.05) is 24.7 Å². The van der Waals surface area contributed by atoms with Crippen molar-refractivity contribution in [3.8, 4) is 11.5 Å². The van der Waals surface area contributed by atoms with E-state index in [-0.39, 0.29) is 16.4 Å². The Bertz CT molecular complexity index is 755. The van der Waals surface area contributed by atoms with Crippen molar-refractivity contribution < 1.29 is 17.9 Å². The van der Waals surface area contributed by atoms with E-state index in [1.54, 1.807) is 0 Å². The molecule has 0 fully saturated rings. The van der Waals surface area contributed by atoms with Crippen LogP contribution in [0.4, 0.5) is 11.4 Å². The highest BCUT2D eigenvalue weighted by Gasteiger charge is 2.20. The van der Waals surface area contributed by atoms with Crippen molar-refractivity contribution in [3.05, 3.63) is 24.4 Å². The maximum atomic E-state index is 12.3. The molecule has 0 unspecified atom stereocenters. The number of ether oxygens (including phenoxy) is 2. The fourth-order valence-electron chi connectivity index (χ4n) is 1.81. The number of benzene rings is 1. The fourth-order valence-corrected chi connectivity index (χ4v) is 3.01. The van der Waals surface area contributed by atoms with E-state index in [0.29, 0.717) is 11.5 Å². The standard InChI is InChI=1S/C12H16N4O4S/c1-16-12(4-5-14-16)21(17,18)15-9-7-11(20-3)10(19-2)6-8(9)13/h4-7,15H,13H2,1-3H3. The minimum atomic E-state index is -3.79. The van der Waals surface area contributed by atoms with Crippen LogP contribution >= 0.6 is 0 Å². The first-order chi connectivity index (χ1) is 9.89. The number of methoxy groups -OCH3 is 2. The Hall–Kier alpha value is -2.42. The van der Waals surface area contributed by atoms with Crippen LogP contribution in [0.15, 0.2) is 29.4 Å². The van der Waals surface area contributed by atoms with Gasteiger partial charge in [0.05, 0.1) is 31.8 Å². The molecule has 0 radical (unpaired) electrons. The minimum Gasteiger partial charge on any atom is -0.493 e. The third kappa shape index (κ3) is 2.87. The van der Waals surface area contributed by atoms with Crippen molar-refractivity contribution in [2.45, 2.75) is 5.03 Å². The fraction of sp³-hybridized carbons (Fsp3) is 0.250. The molecule has 0 saturated heterocycles. The van der Waals surface area contributed by atoms with Crippen molar-refractivity contribution in [2.24, 2.45) is 7.05 Å². The lowest BCUT2D eigenvalue weighted by molar-refractivity contribution is 0.355. The van der Waals surface area contributed by atoms with E-state index in [2.05, 4.69) is 9.82 Å². The highest BCUT2D eigenvalue weighted by molar-refractivity contribution is 7.92. The Morgan fingerprint density at radius 1 is 1.24 bits per heavy atom. The van der Waals surface area contributed by atoms with E-state index in [0.717, 1.165) is 0 Å². The normalized spacial score (nSPS) is 11.2. The summed E-state index contributed by atoms with van der Waals surface area (Å²) in [7, 11) is 0.661. The maximum absolute atomic E-state index is 12.3. The monoisotopic (exact) mass is 312 g/mol. The SMILES string of the molecule is COc1cc(N)c(NS(=O)(=O)c2ccnn2C)cc1OC. The first kappa shape index (κ1) is 15.0. The van der Waals surface area contributed by atoms with Gasteiger partial charge in [0.15, 0.2) is 16.5 Å². The molecule has 0 aliphatic carbocycles. The van der Waals surface area contributed by atoms with Crippen molar-refractivity contribution >= 4 is 21.4 Å². The predicted octanol–water partition coefficient (Wildman–Crippen LogP) is 0.820. The zero-order valence-corrected chi connectivity index (χ0v) is 12.6. The molecular weight excluding hydrogens is 296 g/mol. The first-order valence-electron chi connectivity index (χ1n) is 5.91. The summed E-state index contributed by atoms with van der Waals surface area (Å²) in [6, 6.07) is 4.33. The van der Waals surface area contributed by atoms with E-state index in [1.807, 2.05) is 0 Å². The second-order valence-corrected chi connectivity index (χ2v) is 5.82. The molecule has 0 aliphatic rings. The average molecular weight is 312 g/mol. The van der Waals surface area contributed by atoms with Crippen molar-refractivity contribution in [3.63, 3.8) is 0 Å². The molecule has 114 valence electrons. The molecule has 2 aromatic rings. The summed E-state index contributed by atoms with van der Waals surface area (Å²) < 4.78 is 38.5. The molecule has 21 heavy (non-hydrogen) atoms. The number of nitrogens with two attached hydrogens (primary N) is 1. The van der Waals surface area contributed by atoms with Gasteiger partial charge in [-0.3, -0.25) is 9.40 Å². The van der Waals surface area contributed by atoms with Gasteiger partial charge in [0.1, 0.15) is 0 Å². The summed E-state index contributed by atoms with van der Waals surface area (Å²) in [6.45, 7) is 0. The molecule has 0 aliphatic heterocycles. The number of aromatic nitrogens is 2. The lowest BCUT2D eigenvalue weighted by atomic mass is 10.2. The topological polar surface area (TPSA) is 108 Å². The number of nitrogens with one attached hydrogen (secondary N) is 1. The van der Waals surface area contributed by atoms with E-state index >= 15 is 0 Å². The molecule has 0 atom stereocenters. The minimum absolute atomic E-state index is 0.0247. The third-order valence-electron chi connectivity index (χ3n) is 2.85. The maximum Gasteiger partial charge on any atom is 0.279 e. The van der Waals surface area contributed by atoms with Crippen LogP contribution in [0.2, 0.25) is 0 Å². The smallest absolute Gasteiger partial charge is 0.279 e. The number of anilines is 2. The van der Waals surface area contributed by atoms with Crippen LogP contribution in [0.3, 0.4) is 0 Å². The summed E-state index contributed by atoms with van der Waals surface area (Å²) in [5.74, 6) is 0.785. The van der Waals surface area contributed by atoms with Crippen LogP contribution in [0.25, 0.3) is 0 Å². The molecule has 1 aromatic heterocycles. The molecule has 0 bridgehead atoms. The Balaban J connectivity index is 2.42. The van der Waals surface area contributed by atoms with Gasteiger partial charge in [-0.15, -0.1) is 0 Å². The molecule has 0 spiro atoms. The van der Waals surface area contributed by atoms with E-state index in [4.69, 9.17) is 15.2 Å². The van der Waals surface area contributed by atoms with Crippen LogP contribution in [0, 0.1) is 0 Å². The summed E-state index contributed by atoms with van der Waals surface area (Å²) in [4.78, 5) is 0. The van der Waals surface area contributed by atoms with Gasteiger partial charge in [-0.05, 0) is 6.07 Å². The summed E-state index contributed by atoms with van der Waals surface area (Å²) in [5.41, 5.74) is 6.26. The lowest BCUT2D eigenvalue weighted by Gasteiger charge is -2.14. The van der Waals surface area contributed by atoms with E-state index in [1.165, 1.54) is 50.3 Å². The second-order valence-electron chi connectivity index (χ2n) is 4.19. The van der Waals surface area contributed by atoms with Gasteiger partial charge >= 0.3 is 0 Å². The Morgan fingerprint density at radius 2 is 1.86 bits per heavy atom. The molecule has 3 N–H and O–H groups in total. The molecular formula is C12H16N4O4S. The zero-order chi connectivity index (χ0) is 15.6. The zero-order valence-electron chi connectivity index (χ0n) is 11.8. The molecule has 2 rings (SSSR count). The lowest BCUT2D eigenvalue weighted by Crippen LogP contribution is -2.17. The molecule has 9 heteroatoms. The van der Waals surface area contributed by atoms with Gasteiger partial charge in [0, 0.05) is 19.2 Å². The summed E-state index contributed by atoms with van der Waals surface area (Å²) in [5, 5.41) is 3.85. The highest BCUT2D eigenvalue weighted by Crippen LogP contribution is 2.35. The van der Waals surface area contributed by atoms with Crippen LogP contribution in [0.5, 0.6) is 11.5 Å². The Kier molecular flexibility index (Phi) is 3.94. The molecule has 1 aromatic carbocycles.